The van der Waals surface area contributed by atoms with Crippen LogP contribution in [-0.4, -0.2) is 48.1 Å². The van der Waals surface area contributed by atoms with E-state index >= 15 is 0 Å². The van der Waals surface area contributed by atoms with Crippen molar-refractivity contribution in [1.82, 2.24) is 15.1 Å². The topological polar surface area (TPSA) is 35.6 Å². The fourth-order valence-corrected chi connectivity index (χ4v) is 5.12. The number of carbonyl (C=O) groups is 1. The summed E-state index contributed by atoms with van der Waals surface area (Å²) in [5.41, 5.74) is 1.40. The third-order valence-corrected chi connectivity index (χ3v) is 6.09. The lowest BCUT2D eigenvalue weighted by Crippen LogP contribution is -2.61. The molecule has 124 valence electrons. The Morgan fingerprint density at radius 1 is 1.13 bits per heavy atom. The Bertz CT molecular complexity index is 561. The van der Waals surface area contributed by atoms with Crippen molar-refractivity contribution >= 4 is 6.03 Å². The van der Waals surface area contributed by atoms with E-state index in [0.29, 0.717) is 17.9 Å². The van der Waals surface area contributed by atoms with Crippen molar-refractivity contribution in [3.05, 3.63) is 35.9 Å². The number of urea groups is 1. The van der Waals surface area contributed by atoms with Crippen molar-refractivity contribution in [2.75, 3.05) is 26.2 Å². The van der Waals surface area contributed by atoms with Crippen LogP contribution in [0.15, 0.2) is 30.3 Å². The number of nitrogens with zero attached hydrogens (tertiary/aromatic N) is 2. The van der Waals surface area contributed by atoms with Gasteiger partial charge in [0.2, 0.25) is 0 Å². The van der Waals surface area contributed by atoms with Gasteiger partial charge in [0, 0.05) is 38.8 Å². The molecule has 0 radical (unpaired) electrons. The summed E-state index contributed by atoms with van der Waals surface area (Å²) in [6.07, 6.45) is 2.50. The second-order valence-electron chi connectivity index (χ2n) is 7.40. The molecular formula is C19H27N3O. The van der Waals surface area contributed by atoms with Crippen molar-refractivity contribution in [3.63, 3.8) is 0 Å². The van der Waals surface area contributed by atoms with Gasteiger partial charge in [-0.15, -0.1) is 0 Å². The lowest BCUT2D eigenvalue weighted by atomic mass is 9.67. The van der Waals surface area contributed by atoms with Crippen LogP contribution in [0.2, 0.25) is 0 Å². The first-order valence-corrected chi connectivity index (χ1v) is 9.07. The van der Waals surface area contributed by atoms with E-state index in [-0.39, 0.29) is 6.03 Å². The minimum atomic E-state index is 0.155. The maximum Gasteiger partial charge on any atom is 0.317 e. The summed E-state index contributed by atoms with van der Waals surface area (Å²) in [6.45, 7) is 7.10. The van der Waals surface area contributed by atoms with Crippen molar-refractivity contribution in [2.24, 2.45) is 17.8 Å². The van der Waals surface area contributed by atoms with E-state index < -0.39 is 0 Å². The fraction of sp³-hybridized carbons (Fsp3) is 0.632. The number of carbonyl (C=O) groups excluding carboxylic acids is 1. The van der Waals surface area contributed by atoms with Crippen molar-refractivity contribution in [1.29, 1.82) is 0 Å². The molecule has 2 amide bonds. The van der Waals surface area contributed by atoms with Gasteiger partial charge in [-0.25, -0.2) is 4.79 Å². The molecular weight excluding hydrogens is 286 g/mol. The highest BCUT2D eigenvalue weighted by molar-refractivity contribution is 5.74. The van der Waals surface area contributed by atoms with E-state index in [9.17, 15) is 4.79 Å². The Morgan fingerprint density at radius 2 is 1.91 bits per heavy atom. The molecule has 4 aliphatic rings. The lowest BCUT2D eigenvalue weighted by molar-refractivity contribution is 0.000588. The van der Waals surface area contributed by atoms with Crippen molar-refractivity contribution in [2.45, 2.75) is 32.4 Å². The molecule has 0 spiro atoms. The number of nitrogens with one attached hydrogen (secondary N) is 1. The van der Waals surface area contributed by atoms with Crippen LogP contribution in [0.5, 0.6) is 0 Å². The summed E-state index contributed by atoms with van der Waals surface area (Å²) in [5, 5.41) is 3.00. The van der Waals surface area contributed by atoms with Gasteiger partial charge in [0.05, 0.1) is 0 Å². The van der Waals surface area contributed by atoms with Crippen molar-refractivity contribution in [3.8, 4) is 0 Å². The van der Waals surface area contributed by atoms with Gasteiger partial charge in [-0.2, -0.15) is 0 Å². The van der Waals surface area contributed by atoms with Gasteiger partial charge < -0.3 is 10.2 Å². The predicted molar refractivity (Wildman–Crippen MR) is 91.0 cm³/mol. The number of fused-ring (bicyclic) bond motifs is 2. The molecule has 2 bridgehead atoms. The number of likely N-dealkylation sites (tertiary alicyclic amines) is 1. The minimum absolute atomic E-state index is 0.155. The average Bonchev–Trinajstić information content (AvgIpc) is 3.01. The SMILES string of the molecule is CCNC(=O)N1CC2CCC1C1CN(Cc3ccccc3)CC21. The molecule has 1 aromatic carbocycles. The smallest absolute Gasteiger partial charge is 0.317 e. The molecule has 3 aliphatic heterocycles. The lowest BCUT2D eigenvalue weighted by Gasteiger charge is -2.51. The van der Waals surface area contributed by atoms with E-state index in [1.54, 1.807) is 0 Å². The monoisotopic (exact) mass is 313 g/mol. The molecule has 23 heavy (non-hydrogen) atoms. The molecule has 4 heteroatoms. The fourth-order valence-electron chi connectivity index (χ4n) is 5.12. The molecule has 5 rings (SSSR count). The van der Waals surface area contributed by atoms with E-state index in [2.05, 4.69) is 45.4 Å². The van der Waals surface area contributed by atoms with Gasteiger partial charge >= 0.3 is 6.03 Å². The van der Waals surface area contributed by atoms with E-state index in [4.69, 9.17) is 0 Å². The van der Waals surface area contributed by atoms with E-state index in [1.165, 1.54) is 24.9 Å². The second-order valence-corrected chi connectivity index (χ2v) is 7.40. The molecule has 4 atom stereocenters. The largest absolute Gasteiger partial charge is 0.338 e. The van der Waals surface area contributed by atoms with Crippen LogP contribution >= 0.6 is 0 Å². The Hall–Kier alpha value is -1.55. The molecule has 4 unspecified atom stereocenters. The molecule has 4 fully saturated rings. The van der Waals surface area contributed by atoms with Crippen LogP contribution < -0.4 is 5.32 Å². The van der Waals surface area contributed by atoms with Crippen LogP contribution in [0.25, 0.3) is 0 Å². The normalized spacial score (nSPS) is 32.8. The zero-order valence-corrected chi connectivity index (χ0v) is 13.9. The summed E-state index contributed by atoms with van der Waals surface area (Å²) in [5.74, 6) is 2.17. The predicted octanol–water partition coefficient (Wildman–Crippen LogP) is 2.56. The molecule has 3 heterocycles. The summed E-state index contributed by atoms with van der Waals surface area (Å²) in [4.78, 5) is 17.1. The molecule has 0 aromatic heterocycles. The first-order valence-electron chi connectivity index (χ1n) is 9.07. The standard InChI is InChI=1S/C19H27N3O/c1-2-20-19(23)22-11-15-8-9-18(22)17-13-21(12-16(15)17)10-14-6-4-3-5-7-14/h3-7,15-18H,2,8-13H2,1H3,(H,20,23). The van der Waals surface area contributed by atoms with E-state index in [1.807, 2.05) is 6.92 Å². The van der Waals surface area contributed by atoms with Gasteiger partial charge in [-0.1, -0.05) is 30.3 Å². The highest BCUT2D eigenvalue weighted by Gasteiger charge is 2.52. The number of benzene rings is 1. The quantitative estimate of drug-likeness (QED) is 0.931. The number of hydrogen-bond acceptors (Lipinski definition) is 2. The first kappa shape index (κ1) is 15.0. The number of rotatable bonds is 3. The highest BCUT2D eigenvalue weighted by Crippen LogP contribution is 2.47. The second kappa shape index (κ2) is 6.16. The van der Waals surface area contributed by atoms with Crippen LogP contribution in [0.3, 0.4) is 0 Å². The summed E-state index contributed by atoms with van der Waals surface area (Å²) in [7, 11) is 0. The summed E-state index contributed by atoms with van der Waals surface area (Å²) < 4.78 is 0. The Labute approximate surface area is 138 Å². The third kappa shape index (κ3) is 2.74. The third-order valence-electron chi connectivity index (χ3n) is 6.09. The van der Waals surface area contributed by atoms with Crippen LogP contribution in [-0.2, 0) is 6.54 Å². The molecule has 1 aromatic rings. The van der Waals surface area contributed by atoms with Gasteiger partial charge in [0.1, 0.15) is 0 Å². The first-order chi connectivity index (χ1) is 11.3. The molecule has 1 saturated carbocycles. The van der Waals surface area contributed by atoms with Gasteiger partial charge in [-0.05, 0) is 43.1 Å². The van der Waals surface area contributed by atoms with Crippen LogP contribution in [0.4, 0.5) is 4.79 Å². The molecule has 4 nitrogen and oxygen atoms in total. The maximum atomic E-state index is 12.4. The average molecular weight is 313 g/mol. The maximum absolute atomic E-state index is 12.4. The zero-order valence-electron chi connectivity index (χ0n) is 13.9. The Kier molecular flexibility index (Phi) is 4.02. The van der Waals surface area contributed by atoms with Crippen molar-refractivity contribution < 1.29 is 4.79 Å². The highest BCUT2D eigenvalue weighted by atomic mass is 16.2. The molecule has 1 aliphatic carbocycles. The number of hydrogen-bond donors (Lipinski definition) is 1. The minimum Gasteiger partial charge on any atom is -0.338 e. The molecule has 1 N–H and O–H groups in total. The molecule has 3 saturated heterocycles. The summed E-state index contributed by atoms with van der Waals surface area (Å²) >= 11 is 0. The zero-order chi connectivity index (χ0) is 15.8. The van der Waals surface area contributed by atoms with Gasteiger partial charge in [0.15, 0.2) is 0 Å². The number of amides is 2. The van der Waals surface area contributed by atoms with Crippen LogP contribution in [0, 0.1) is 17.8 Å². The van der Waals surface area contributed by atoms with Gasteiger partial charge in [0.25, 0.3) is 0 Å². The Balaban J connectivity index is 1.46. The summed E-state index contributed by atoms with van der Waals surface area (Å²) in [6, 6.07) is 11.4. The van der Waals surface area contributed by atoms with Crippen LogP contribution in [0.1, 0.15) is 25.3 Å². The van der Waals surface area contributed by atoms with E-state index in [0.717, 1.165) is 32.1 Å². The number of piperidine rings is 2. The van der Waals surface area contributed by atoms with Gasteiger partial charge in [-0.3, -0.25) is 4.90 Å². The Morgan fingerprint density at radius 3 is 2.70 bits per heavy atom.